The second-order valence-electron chi connectivity index (χ2n) is 1.51. The van der Waals surface area contributed by atoms with Crippen LogP contribution >= 0.6 is 43.2 Å². The Hall–Kier alpha value is 1.39. The Morgan fingerprint density at radius 3 is 1.36 bits per heavy atom. The van der Waals surface area contributed by atoms with E-state index in [9.17, 15) is 0 Å². The predicted octanol–water partition coefficient (Wildman–Crippen LogP) is 3.79. The molecule has 2 aliphatic heterocycles. The monoisotopic (exact) mass is 267 g/mol. The molecule has 0 spiro atoms. The normalized spacial score (nSPS) is 18.9. The van der Waals surface area contributed by atoms with Gasteiger partial charge in [-0.1, -0.05) is 55.3 Å². The third-order valence-corrected chi connectivity index (χ3v) is 4.60. The Labute approximate surface area is 93.8 Å². The van der Waals surface area contributed by atoms with Crippen molar-refractivity contribution in [3.8, 4) is 0 Å². The van der Waals surface area contributed by atoms with Crippen LogP contribution in [-0.2, 0) is 16.8 Å². The molecule has 0 atom stereocenters. The number of hydrogen-bond donors (Lipinski definition) is 0. The van der Waals surface area contributed by atoms with E-state index < -0.39 is 0 Å². The van der Waals surface area contributed by atoms with Gasteiger partial charge in [0, 0.05) is 28.3 Å². The topological polar surface area (TPSA) is 0 Å². The first-order chi connectivity index (χ1) is 5.00. The molecule has 0 aromatic carbocycles. The Kier molecular flexibility index (Phi) is 10.7. The van der Waals surface area contributed by atoms with Crippen LogP contribution in [0, 0.1) is 0 Å². The molecule has 0 N–H and O–H groups in total. The summed E-state index contributed by atoms with van der Waals surface area (Å²) in [5.74, 6) is 2.40. The summed E-state index contributed by atoms with van der Waals surface area (Å²) in [7, 11) is 7.38. The van der Waals surface area contributed by atoms with Gasteiger partial charge >= 0.3 is 0 Å². The number of hydrogen-bond acceptors (Lipinski definition) is 4. The minimum absolute atomic E-state index is 0. The molecule has 1 radical (unpaired) electrons. The molecule has 0 aliphatic carbocycles. The van der Waals surface area contributed by atoms with Crippen LogP contribution in [0.4, 0.5) is 0 Å². The van der Waals surface area contributed by atoms with Crippen molar-refractivity contribution in [2.24, 2.45) is 0 Å². The summed E-state index contributed by atoms with van der Waals surface area (Å²) < 4.78 is 0. The zero-order chi connectivity index (χ0) is 7.07. The van der Waals surface area contributed by atoms with Gasteiger partial charge in [-0.25, -0.2) is 0 Å². The molecule has 0 unspecified atom stereocenters. The fraction of sp³-hybridized carbons (Fsp3) is 0.333. The fourth-order valence-electron chi connectivity index (χ4n) is 0.393. The Morgan fingerprint density at radius 1 is 0.818 bits per heavy atom. The first kappa shape index (κ1) is 12.4. The van der Waals surface area contributed by atoms with Crippen LogP contribution in [0.2, 0.25) is 0 Å². The maximum absolute atomic E-state index is 2.16. The maximum Gasteiger partial charge on any atom is 0.0229 e. The molecule has 2 rings (SSSR count). The molecule has 65 valence electrons. The van der Waals surface area contributed by atoms with E-state index in [1.165, 1.54) is 11.5 Å². The van der Waals surface area contributed by atoms with Crippen molar-refractivity contribution < 1.29 is 16.8 Å². The van der Waals surface area contributed by atoms with Gasteiger partial charge in [-0.15, -0.1) is 0 Å². The second kappa shape index (κ2) is 9.47. The Balaban J connectivity index is 0.000000167. The van der Waals surface area contributed by atoms with Crippen LogP contribution in [-0.4, -0.2) is 11.5 Å². The zero-order valence-electron chi connectivity index (χ0n) is 5.69. The third kappa shape index (κ3) is 7.74. The molecule has 0 fully saturated rings. The van der Waals surface area contributed by atoms with Crippen molar-refractivity contribution in [1.82, 2.24) is 0 Å². The molecule has 0 saturated carbocycles. The van der Waals surface area contributed by atoms with Gasteiger partial charge in [-0.2, -0.15) is 0 Å². The van der Waals surface area contributed by atoms with E-state index >= 15 is 0 Å². The van der Waals surface area contributed by atoms with Gasteiger partial charge in [-0.3, -0.25) is 0 Å². The van der Waals surface area contributed by atoms with Crippen LogP contribution in [0.3, 0.4) is 0 Å². The minimum Gasteiger partial charge on any atom is -0.0854 e. The molecule has 5 heteroatoms. The van der Waals surface area contributed by atoms with Gasteiger partial charge in [0.25, 0.3) is 0 Å². The molecule has 2 aliphatic rings. The van der Waals surface area contributed by atoms with Crippen molar-refractivity contribution in [2.45, 2.75) is 0 Å². The van der Waals surface area contributed by atoms with Crippen molar-refractivity contribution in [3.63, 3.8) is 0 Å². The van der Waals surface area contributed by atoms with E-state index in [1.807, 2.05) is 43.2 Å². The molecular weight excluding hydrogens is 259 g/mol. The van der Waals surface area contributed by atoms with Gasteiger partial charge < -0.3 is 0 Å². The summed E-state index contributed by atoms with van der Waals surface area (Å²) in [4.78, 5) is 0. The summed E-state index contributed by atoms with van der Waals surface area (Å²) >= 11 is 0. The molecule has 0 aromatic heterocycles. The van der Waals surface area contributed by atoms with Crippen LogP contribution in [0.15, 0.2) is 23.0 Å². The van der Waals surface area contributed by atoms with E-state index in [0.717, 1.165) is 0 Å². The fourth-order valence-corrected chi connectivity index (χ4v) is 3.54. The van der Waals surface area contributed by atoms with Crippen LogP contribution in [0.1, 0.15) is 0 Å². The average Bonchev–Trinajstić information content (AvgIpc) is 2.67. The molecule has 11 heavy (non-hydrogen) atoms. The van der Waals surface area contributed by atoms with Gasteiger partial charge in [0.05, 0.1) is 0 Å². The average molecular weight is 267 g/mol. The summed E-state index contributed by atoms with van der Waals surface area (Å²) in [6.45, 7) is 0. The molecule has 0 bridgehead atoms. The van der Waals surface area contributed by atoms with Gasteiger partial charge in [0.1, 0.15) is 0 Å². The van der Waals surface area contributed by atoms with Gasteiger partial charge in [0.15, 0.2) is 0 Å². The van der Waals surface area contributed by atoms with E-state index in [1.54, 1.807) is 0 Å². The third-order valence-electron chi connectivity index (χ3n) is 0.768. The van der Waals surface area contributed by atoms with Crippen molar-refractivity contribution >= 4 is 43.2 Å². The summed E-state index contributed by atoms with van der Waals surface area (Å²) in [5, 5.41) is 4.23. The first-order valence-corrected chi connectivity index (χ1v) is 7.63. The second-order valence-corrected chi connectivity index (χ2v) is 6.14. The molecule has 0 aromatic rings. The Morgan fingerprint density at radius 2 is 1.27 bits per heavy atom. The van der Waals surface area contributed by atoms with Crippen LogP contribution < -0.4 is 0 Å². The van der Waals surface area contributed by atoms with Crippen LogP contribution in [0.25, 0.3) is 0 Å². The first-order valence-electron chi connectivity index (χ1n) is 2.87. The maximum atomic E-state index is 2.16. The van der Waals surface area contributed by atoms with Crippen molar-refractivity contribution in [2.75, 3.05) is 11.5 Å². The zero-order valence-corrected chi connectivity index (χ0v) is 10.00. The van der Waals surface area contributed by atoms with E-state index in [-0.39, 0.29) is 16.8 Å². The molecule has 0 nitrogen and oxygen atoms in total. The van der Waals surface area contributed by atoms with Gasteiger partial charge in [0.2, 0.25) is 0 Å². The molecule has 0 amide bonds. The predicted molar refractivity (Wildman–Crippen MR) is 58.4 cm³/mol. The minimum atomic E-state index is 0. The standard InChI is InChI=1S/2C3H4S2.Co/c2*1-2-4-5-3-1;/h2*1-2H,3H2;. The van der Waals surface area contributed by atoms with E-state index in [4.69, 9.17) is 0 Å². The van der Waals surface area contributed by atoms with Crippen LogP contribution in [0.5, 0.6) is 0 Å². The summed E-state index contributed by atoms with van der Waals surface area (Å²) in [5.41, 5.74) is 0. The van der Waals surface area contributed by atoms with Gasteiger partial charge in [-0.05, 0) is 10.8 Å². The largest absolute Gasteiger partial charge is 0.0854 e. The summed E-state index contributed by atoms with van der Waals surface area (Å²) in [6, 6.07) is 0. The van der Waals surface area contributed by atoms with Crippen molar-refractivity contribution in [1.29, 1.82) is 0 Å². The van der Waals surface area contributed by atoms with E-state index in [2.05, 4.69) is 23.0 Å². The SMILES string of the molecule is C1=CSSC1.C1=CSSC1.[Co]. The molecule has 0 saturated heterocycles. The molecule has 2 heterocycles. The van der Waals surface area contributed by atoms with E-state index in [0.29, 0.717) is 0 Å². The smallest absolute Gasteiger partial charge is 0.0229 e. The summed E-state index contributed by atoms with van der Waals surface area (Å²) in [6.07, 6.45) is 4.32. The molecular formula is C6H8CoS4. The van der Waals surface area contributed by atoms with Crippen molar-refractivity contribution in [3.05, 3.63) is 23.0 Å². The quantitative estimate of drug-likeness (QED) is 0.612. The Bertz CT molecular complexity index is 107. The number of rotatable bonds is 0.